The molecule has 0 saturated heterocycles. The van der Waals surface area contributed by atoms with Gasteiger partial charge in [0.15, 0.2) is 0 Å². The lowest BCUT2D eigenvalue weighted by molar-refractivity contribution is -0.122. The van der Waals surface area contributed by atoms with E-state index in [1.54, 1.807) is 0 Å². The predicted molar refractivity (Wildman–Crippen MR) is 73.7 cm³/mol. The molecular weight excluding hydrogens is 212 g/mol. The molecule has 0 radical (unpaired) electrons. The Labute approximate surface area is 107 Å². The molecule has 2 atom stereocenters. The van der Waals surface area contributed by atoms with E-state index >= 15 is 0 Å². The van der Waals surface area contributed by atoms with E-state index in [4.69, 9.17) is 5.73 Å². The molecule has 0 saturated carbocycles. The van der Waals surface area contributed by atoms with Crippen molar-refractivity contribution in [3.05, 3.63) is 0 Å². The standard InChI is InChI=1S/C14H30N2O/c1-10(2)12(15)9-16-13(17)7-11(3)8-14(4,5)6/h10-12H,7-9,15H2,1-6H3,(H,16,17). The molecule has 3 N–H and O–H groups in total. The Balaban J connectivity index is 3.87. The molecule has 2 unspecified atom stereocenters. The third-order valence-corrected chi connectivity index (χ3v) is 2.89. The van der Waals surface area contributed by atoms with Gasteiger partial charge in [-0.3, -0.25) is 4.79 Å². The van der Waals surface area contributed by atoms with Gasteiger partial charge in [0.05, 0.1) is 0 Å². The van der Waals surface area contributed by atoms with Gasteiger partial charge in [-0.2, -0.15) is 0 Å². The quantitative estimate of drug-likeness (QED) is 0.752. The number of hydrogen-bond acceptors (Lipinski definition) is 2. The molecule has 0 aliphatic heterocycles. The van der Waals surface area contributed by atoms with Crippen molar-refractivity contribution in [1.29, 1.82) is 0 Å². The van der Waals surface area contributed by atoms with Gasteiger partial charge in [0.1, 0.15) is 0 Å². The topological polar surface area (TPSA) is 55.1 Å². The summed E-state index contributed by atoms with van der Waals surface area (Å²) >= 11 is 0. The molecule has 102 valence electrons. The first kappa shape index (κ1) is 16.4. The van der Waals surface area contributed by atoms with Crippen molar-refractivity contribution in [3.63, 3.8) is 0 Å². The average molecular weight is 242 g/mol. The summed E-state index contributed by atoms with van der Waals surface area (Å²) in [7, 11) is 0. The van der Waals surface area contributed by atoms with Crippen LogP contribution in [-0.4, -0.2) is 18.5 Å². The zero-order valence-corrected chi connectivity index (χ0v) is 12.3. The molecule has 0 aliphatic carbocycles. The second-order valence-corrected chi connectivity index (χ2v) is 6.79. The van der Waals surface area contributed by atoms with Crippen molar-refractivity contribution in [1.82, 2.24) is 5.32 Å². The third-order valence-electron chi connectivity index (χ3n) is 2.89. The van der Waals surface area contributed by atoms with Crippen LogP contribution in [0.25, 0.3) is 0 Å². The molecule has 0 aromatic carbocycles. The summed E-state index contributed by atoms with van der Waals surface area (Å²) in [6.07, 6.45) is 1.67. The fourth-order valence-electron chi connectivity index (χ4n) is 1.97. The molecule has 0 spiro atoms. The lowest BCUT2D eigenvalue weighted by Gasteiger charge is -2.23. The number of carbonyl (C=O) groups is 1. The van der Waals surface area contributed by atoms with Crippen LogP contribution in [0.15, 0.2) is 0 Å². The van der Waals surface area contributed by atoms with Crippen molar-refractivity contribution < 1.29 is 4.79 Å². The SMILES string of the molecule is CC(CC(=O)NCC(N)C(C)C)CC(C)(C)C. The van der Waals surface area contributed by atoms with Crippen LogP contribution in [0.1, 0.15) is 54.4 Å². The van der Waals surface area contributed by atoms with E-state index in [9.17, 15) is 4.79 Å². The Bertz CT molecular complexity index is 231. The van der Waals surface area contributed by atoms with E-state index in [2.05, 4.69) is 46.9 Å². The van der Waals surface area contributed by atoms with Gasteiger partial charge in [0, 0.05) is 19.0 Å². The Kier molecular flexibility index (Phi) is 6.76. The molecule has 0 aromatic rings. The van der Waals surface area contributed by atoms with Gasteiger partial charge in [-0.15, -0.1) is 0 Å². The highest BCUT2D eigenvalue weighted by Crippen LogP contribution is 2.25. The van der Waals surface area contributed by atoms with Crippen LogP contribution >= 0.6 is 0 Å². The molecule has 1 amide bonds. The summed E-state index contributed by atoms with van der Waals surface area (Å²) in [5.74, 6) is 0.949. The van der Waals surface area contributed by atoms with Crippen LogP contribution in [0.2, 0.25) is 0 Å². The van der Waals surface area contributed by atoms with Crippen molar-refractivity contribution in [2.45, 2.75) is 60.4 Å². The zero-order chi connectivity index (χ0) is 13.6. The first-order chi connectivity index (χ1) is 7.61. The molecule has 3 nitrogen and oxygen atoms in total. The fourth-order valence-corrected chi connectivity index (χ4v) is 1.97. The molecule has 17 heavy (non-hydrogen) atoms. The molecule has 0 fully saturated rings. The number of nitrogens with one attached hydrogen (secondary N) is 1. The molecule has 0 aromatic heterocycles. The second-order valence-electron chi connectivity index (χ2n) is 6.79. The van der Waals surface area contributed by atoms with E-state index < -0.39 is 0 Å². The summed E-state index contributed by atoms with van der Waals surface area (Å²) in [6, 6.07) is 0.0527. The molecule has 0 bridgehead atoms. The highest BCUT2D eigenvalue weighted by Gasteiger charge is 2.18. The van der Waals surface area contributed by atoms with Gasteiger partial charge in [-0.05, 0) is 23.7 Å². The Morgan fingerprint density at radius 2 is 1.76 bits per heavy atom. The van der Waals surface area contributed by atoms with Gasteiger partial charge in [0.25, 0.3) is 0 Å². The molecule has 0 heterocycles. The first-order valence-corrected chi connectivity index (χ1v) is 6.64. The summed E-state index contributed by atoms with van der Waals surface area (Å²) < 4.78 is 0. The number of nitrogens with two attached hydrogens (primary N) is 1. The number of hydrogen-bond donors (Lipinski definition) is 2. The van der Waals surface area contributed by atoms with Crippen LogP contribution in [0.4, 0.5) is 0 Å². The van der Waals surface area contributed by atoms with E-state index in [0.29, 0.717) is 24.8 Å². The maximum absolute atomic E-state index is 11.7. The maximum Gasteiger partial charge on any atom is 0.220 e. The lowest BCUT2D eigenvalue weighted by atomic mass is 9.84. The van der Waals surface area contributed by atoms with Crippen molar-refractivity contribution in [2.24, 2.45) is 23.0 Å². The second kappa shape index (κ2) is 7.00. The van der Waals surface area contributed by atoms with Crippen molar-refractivity contribution >= 4 is 5.91 Å². The summed E-state index contributed by atoms with van der Waals surface area (Å²) in [5, 5.41) is 2.92. The van der Waals surface area contributed by atoms with Crippen LogP contribution in [0, 0.1) is 17.3 Å². The summed E-state index contributed by atoms with van der Waals surface area (Å²) in [5.41, 5.74) is 6.17. The molecular formula is C14H30N2O. The minimum atomic E-state index is 0.0527. The highest BCUT2D eigenvalue weighted by atomic mass is 16.1. The van der Waals surface area contributed by atoms with E-state index in [1.807, 2.05) is 0 Å². The third kappa shape index (κ3) is 9.16. The predicted octanol–water partition coefficient (Wildman–Crippen LogP) is 2.55. The Morgan fingerprint density at radius 1 is 1.24 bits per heavy atom. The zero-order valence-electron chi connectivity index (χ0n) is 12.3. The number of amides is 1. The van der Waals surface area contributed by atoms with Crippen LogP contribution in [-0.2, 0) is 4.79 Å². The van der Waals surface area contributed by atoms with E-state index in [0.717, 1.165) is 6.42 Å². The summed E-state index contributed by atoms with van der Waals surface area (Å²) in [6.45, 7) is 13.5. The largest absolute Gasteiger partial charge is 0.355 e. The first-order valence-electron chi connectivity index (χ1n) is 6.64. The van der Waals surface area contributed by atoms with Gasteiger partial charge >= 0.3 is 0 Å². The molecule has 0 rings (SSSR count). The van der Waals surface area contributed by atoms with Gasteiger partial charge < -0.3 is 11.1 Å². The number of rotatable bonds is 6. The average Bonchev–Trinajstić information content (AvgIpc) is 2.10. The van der Waals surface area contributed by atoms with Gasteiger partial charge in [-0.1, -0.05) is 41.5 Å². The van der Waals surface area contributed by atoms with E-state index in [1.165, 1.54) is 0 Å². The minimum absolute atomic E-state index is 0.0527. The summed E-state index contributed by atoms with van der Waals surface area (Å²) in [4.78, 5) is 11.7. The monoisotopic (exact) mass is 242 g/mol. The van der Waals surface area contributed by atoms with Crippen molar-refractivity contribution in [2.75, 3.05) is 6.54 Å². The molecule has 3 heteroatoms. The Morgan fingerprint density at radius 3 is 2.18 bits per heavy atom. The van der Waals surface area contributed by atoms with Crippen LogP contribution in [0.3, 0.4) is 0 Å². The Hall–Kier alpha value is -0.570. The minimum Gasteiger partial charge on any atom is -0.355 e. The maximum atomic E-state index is 11.7. The normalized spacial score (nSPS) is 15.8. The fraction of sp³-hybridized carbons (Fsp3) is 0.929. The smallest absolute Gasteiger partial charge is 0.220 e. The van der Waals surface area contributed by atoms with Crippen LogP contribution in [0.5, 0.6) is 0 Å². The number of carbonyl (C=O) groups excluding carboxylic acids is 1. The highest BCUT2D eigenvalue weighted by molar-refractivity contribution is 5.76. The van der Waals surface area contributed by atoms with Gasteiger partial charge in [-0.25, -0.2) is 0 Å². The van der Waals surface area contributed by atoms with Crippen molar-refractivity contribution in [3.8, 4) is 0 Å². The lowest BCUT2D eigenvalue weighted by Crippen LogP contribution is -2.40. The van der Waals surface area contributed by atoms with Gasteiger partial charge in [0.2, 0.25) is 5.91 Å². The van der Waals surface area contributed by atoms with E-state index in [-0.39, 0.29) is 17.4 Å². The molecule has 0 aliphatic rings. The van der Waals surface area contributed by atoms with Crippen LogP contribution < -0.4 is 11.1 Å².